The van der Waals surface area contributed by atoms with E-state index in [0.717, 1.165) is 25.2 Å². The summed E-state index contributed by atoms with van der Waals surface area (Å²) >= 11 is 2.37. The summed E-state index contributed by atoms with van der Waals surface area (Å²) in [6.45, 7) is 4.24. The minimum atomic E-state index is 0.793. The van der Waals surface area contributed by atoms with Crippen LogP contribution in [0.25, 0.3) is 11.1 Å². The molecule has 0 aliphatic rings. The Labute approximate surface area is 226 Å². The van der Waals surface area contributed by atoms with Crippen molar-refractivity contribution in [3.8, 4) is 5.75 Å². The number of benzene rings is 3. The molecular formula is C32H40INO. The molecule has 0 fully saturated rings. The molecule has 0 heterocycles. The van der Waals surface area contributed by atoms with E-state index in [1.165, 1.54) is 70.1 Å². The first kappa shape index (κ1) is 27.5. The predicted octanol–water partition coefficient (Wildman–Crippen LogP) is 8.94. The fourth-order valence-corrected chi connectivity index (χ4v) is 4.80. The van der Waals surface area contributed by atoms with Crippen LogP contribution < -0.4 is 4.74 Å². The van der Waals surface area contributed by atoms with Crippen LogP contribution in [-0.4, -0.2) is 32.1 Å². The molecule has 3 aromatic rings. The summed E-state index contributed by atoms with van der Waals surface area (Å²) < 4.78 is 7.32. The van der Waals surface area contributed by atoms with Gasteiger partial charge in [0.25, 0.3) is 0 Å². The highest BCUT2D eigenvalue weighted by molar-refractivity contribution is 14.1. The predicted molar refractivity (Wildman–Crippen MR) is 160 cm³/mol. The summed E-state index contributed by atoms with van der Waals surface area (Å²) in [5.74, 6) is 0.958. The lowest BCUT2D eigenvalue weighted by Crippen LogP contribution is -2.12. The minimum absolute atomic E-state index is 0.793. The summed E-state index contributed by atoms with van der Waals surface area (Å²) in [5, 5.41) is 0. The van der Waals surface area contributed by atoms with Gasteiger partial charge in [0.05, 0.1) is 6.61 Å². The van der Waals surface area contributed by atoms with Crippen molar-refractivity contribution in [1.29, 1.82) is 0 Å². The summed E-state index contributed by atoms with van der Waals surface area (Å²) in [6, 6.07) is 28.3. The van der Waals surface area contributed by atoms with Crippen molar-refractivity contribution in [2.75, 3.05) is 27.2 Å². The van der Waals surface area contributed by atoms with E-state index in [-0.39, 0.29) is 0 Å². The largest absolute Gasteiger partial charge is 0.494 e. The standard InChI is InChI=1S/C32H40INO/c1-4-31(26-14-10-9-11-15-26)32(27-16-20-29(33)21-17-27)28-18-22-30(23-19-28)35-25-13-8-6-5-7-12-24-34(2)3/h9-11,14-23H,4-8,12-13,24-25H2,1-3H3/b32-31-. The average Bonchev–Trinajstić information content (AvgIpc) is 2.88. The highest BCUT2D eigenvalue weighted by Crippen LogP contribution is 2.35. The van der Waals surface area contributed by atoms with E-state index in [9.17, 15) is 0 Å². The average molecular weight is 582 g/mol. The molecule has 35 heavy (non-hydrogen) atoms. The second-order valence-electron chi connectivity index (χ2n) is 9.38. The van der Waals surface area contributed by atoms with Crippen LogP contribution in [0.2, 0.25) is 0 Å². The fraction of sp³-hybridized carbons (Fsp3) is 0.375. The van der Waals surface area contributed by atoms with Gasteiger partial charge in [-0.25, -0.2) is 0 Å². The highest BCUT2D eigenvalue weighted by atomic mass is 127. The molecule has 0 spiro atoms. The molecule has 0 atom stereocenters. The van der Waals surface area contributed by atoms with E-state index in [1.807, 2.05) is 0 Å². The minimum Gasteiger partial charge on any atom is -0.494 e. The van der Waals surface area contributed by atoms with Gasteiger partial charge in [-0.05, 0) is 115 Å². The molecule has 0 aliphatic heterocycles. The second-order valence-corrected chi connectivity index (χ2v) is 10.6. The van der Waals surface area contributed by atoms with Crippen LogP contribution in [0.5, 0.6) is 5.75 Å². The molecule has 186 valence electrons. The lowest BCUT2D eigenvalue weighted by molar-refractivity contribution is 0.304. The van der Waals surface area contributed by atoms with Crippen molar-refractivity contribution in [3.05, 3.63) is 99.1 Å². The first-order valence-electron chi connectivity index (χ1n) is 13.0. The third kappa shape index (κ3) is 9.12. The molecule has 0 saturated heterocycles. The molecule has 0 amide bonds. The Bertz CT molecular complexity index is 1020. The zero-order chi connectivity index (χ0) is 24.9. The van der Waals surface area contributed by atoms with E-state index < -0.39 is 0 Å². The van der Waals surface area contributed by atoms with Crippen molar-refractivity contribution in [2.45, 2.75) is 51.9 Å². The smallest absolute Gasteiger partial charge is 0.119 e. The van der Waals surface area contributed by atoms with E-state index in [4.69, 9.17) is 4.74 Å². The molecule has 3 aromatic carbocycles. The van der Waals surface area contributed by atoms with Crippen LogP contribution in [0.3, 0.4) is 0 Å². The van der Waals surface area contributed by atoms with Gasteiger partial charge in [-0.15, -0.1) is 0 Å². The first-order chi connectivity index (χ1) is 17.1. The molecular weight excluding hydrogens is 541 g/mol. The third-order valence-electron chi connectivity index (χ3n) is 6.32. The van der Waals surface area contributed by atoms with E-state index in [0.29, 0.717) is 0 Å². The maximum Gasteiger partial charge on any atom is 0.119 e. The molecule has 0 unspecified atom stereocenters. The molecule has 0 saturated carbocycles. The summed E-state index contributed by atoms with van der Waals surface area (Å²) in [5.41, 5.74) is 6.44. The van der Waals surface area contributed by atoms with Gasteiger partial charge in [-0.1, -0.05) is 87.2 Å². The number of ether oxygens (including phenoxy) is 1. The highest BCUT2D eigenvalue weighted by Gasteiger charge is 2.13. The van der Waals surface area contributed by atoms with Crippen LogP contribution in [0.15, 0.2) is 78.9 Å². The molecule has 0 bridgehead atoms. The Morgan fingerprint density at radius 3 is 1.86 bits per heavy atom. The van der Waals surface area contributed by atoms with Crippen LogP contribution in [0.1, 0.15) is 68.6 Å². The number of allylic oxidation sites excluding steroid dienone is 1. The van der Waals surface area contributed by atoms with Gasteiger partial charge in [0, 0.05) is 3.57 Å². The lowest BCUT2D eigenvalue weighted by Gasteiger charge is -2.17. The number of hydrogen-bond donors (Lipinski definition) is 0. The van der Waals surface area contributed by atoms with Gasteiger partial charge in [0.15, 0.2) is 0 Å². The molecule has 3 rings (SSSR count). The van der Waals surface area contributed by atoms with Crippen molar-refractivity contribution in [3.63, 3.8) is 0 Å². The Hall–Kier alpha value is -2.11. The van der Waals surface area contributed by atoms with Crippen molar-refractivity contribution < 1.29 is 4.74 Å². The SMILES string of the molecule is CC/C(=C(\c1ccc(I)cc1)c1ccc(OCCCCCCCCN(C)C)cc1)c1ccccc1. The zero-order valence-electron chi connectivity index (χ0n) is 21.6. The zero-order valence-corrected chi connectivity index (χ0v) is 23.8. The molecule has 0 aliphatic carbocycles. The van der Waals surface area contributed by atoms with Gasteiger partial charge in [0.1, 0.15) is 5.75 Å². The summed E-state index contributed by atoms with van der Waals surface area (Å²) in [7, 11) is 4.30. The molecule has 0 radical (unpaired) electrons. The van der Waals surface area contributed by atoms with Crippen molar-refractivity contribution in [2.24, 2.45) is 0 Å². The van der Waals surface area contributed by atoms with Crippen LogP contribution in [0, 0.1) is 3.57 Å². The normalized spacial score (nSPS) is 12.0. The second kappa shape index (κ2) is 15.1. The topological polar surface area (TPSA) is 12.5 Å². The van der Waals surface area contributed by atoms with E-state index in [1.54, 1.807) is 0 Å². The number of hydrogen-bond acceptors (Lipinski definition) is 2. The van der Waals surface area contributed by atoms with Crippen LogP contribution in [0.4, 0.5) is 0 Å². The molecule has 2 nitrogen and oxygen atoms in total. The number of nitrogens with zero attached hydrogens (tertiary/aromatic N) is 1. The van der Waals surface area contributed by atoms with Crippen LogP contribution >= 0.6 is 22.6 Å². The Morgan fingerprint density at radius 2 is 1.26 bits per heavy atom. The monoisotopic (exact) mass is 581 g/mol. The van der Waals surface area contributed by atoms with Gasteiger partial charge >= 0.3 is 0 Å². The number of rotatable bonds is 14. The number of unbranched alkanes of at least 4 members (excludes halogenated alkanes) is 5. The van der Waals surface area contributed by atoms with Gasteiger partial charge in [-0.3, -0.25) is 0 Å². The first-order valence-corrected chi connectivity index (χ1v) is 14.1. The van der Waals surface area contributed by atoms with E-state index >= 15 is 0 Å². The van der Waals surface area contributed by atoms with Gasteiger partial charge in [-0.2, -0.15) is 0 Å². The number of halogens is 1. The fourth-order valence-electron chi connectivity index (χ4n) is 4.44. The van der Waals surface area contributed by atoms with Crippen LogP contribution in [-0.2, 0) is 0 Å². The van der Waals surface area contributed by atoms with Gasteiger partial charge in [0.2, 0.25) is 0 Å². The quantitative estimate of drug-likeness (QED) is 0.107. The van der Waals surface area contributed by atoms with Crippen molar-refractivity contribution >= 4 is 33.7 Å². The van der Waals surface area contributed by atoms with E-state index in [2.05, 4.69) is 127 Å². The maximum absolute atomic E-state index is 6.07. The summed E-state index contributed by atoms with van der Waals surface area (Å²) in [6.07, 6.45) is 8.61. The maximum atomic E-state index is 6.07. The molecule has 0 aromatic heterocycles. The third-order valence-corrected chi connectivity index (χ3v) is 7.04. The Morgan fingerprint density at radius 1 is 0.686 bits per heavy atom. The summed E-state index contributed by atoms with van der Waals surface area (Å²) in [4.78, 5) is 2.27. The van der Waals surface area contributed by atoms with Crippen molar-refractivity contribution in [1.82, 2.24) is 4.90 Å². The molecule has 0 N–H and O–H groups in total. The Kier molecular flexibility index (Phi) is 11.9. The Balaban J connectivity index is 1.64. The lowest BCUT2D eigenvalue weighted by atomic mass is 9.88. The van der Waals surface area contributed by atoms with Gasteiger partial charge < -0.3 is 9.64 Å². The molecule has 3 heteroatoms.